The zero-order valence-corrected chi connectivity index (χ0v) is 7.01. The number of aromatic hydroxyl groups is 1. The minimum absolute atomic E-state index is 0.0786. The van der Waals surface area contributed by atoms with E-state index in [4.69, 9.17) is 10.2 Å². The summed E-state index contributed by atoms with van der Waals surface area (Å²) >= 11 is 0. The minimum atomic E-state index is -1.12. The Morgan fingerprint density at radius 1 is 1.21 bits per heavy atom. The van der Waals surface area contributed by atoms with Gasteiger partial charge in [-0.05, 0) is 18.2 Å². The summed E-state index contributed by atoms with van der Waals surface area (Å²) in [5.74, 6) is -1.04. The molecule has 0 atom stereocenters. The Bertz CT molecular complexity index is 510. The highest BCUT2D eigenvalue weighted by Crippen LogP contribution is 2.17. The molecule has 0 amide bonds. The summed E-state index contributed by atoms with van der Waals surface area (Å²) in [6.45, 7) is 0. The fourth-order valence-corrected chi connectivity index (χ4v) is 1.13. The molecule has 1 aromatic carbocycles. The molecule has 70 valence electrons. The maximum Gasteiger partial charge on any atom is 0.356 e. The number of hydrogen-bond donors (Lipinski definition) is 2. The van der Waals surface area contributed by atoms with Crippen LogP contribution in [0.4, 0.5) is 0 Å². The number of phenols is 1. The van der Waals surface area contributed by atoms with Crippen LogP contribution in [-0.4, -0.2) is 26.4 Å². The van der Waals surface area contributed by atoms with E-state index in [-0.39, 0.29) is 11.4 Å². The standard InChI is InChI=1S/C9H6N2O3/c12-6-2-1-5-3-8(9(13)14)11-10-7(5)4-6/h1-4,12H,(H,13,14). The van der Waals surface area contributed by atoms with Gasteiger partial charge in [0.1, 0.15) is 5.75 Å². The summed E-state index contributed by atoms with van der Waals surface area (Å²) in [6.07, 6.45) is 0. The van der Waals surface area contributed by atoms with Crippen molar-refractivity contribution in [3.05, 3.63) is 30.0 Å². The lowest BCUT2D eigenvalue weighted by Gasteiger charge is -1.97. The van der Waals surface area contributed by atoms with Crippen LogP contribution in [0.3, 0.4) is 0 Å². The smallest absolute Gasteiger partial charge is 0.356 e. The van der Waals surface area contributed by atoms with E-state index in [9.17, 15) is 4.79 Å². The van der Waals surface area contributed by atoms with E-state index in [1.807, 2.05) is 0 Å². The van der Waals surface area contributed by atoms with Gasteiger partial charge in [-0.3, -0.25) is 0 Å². The Morgan fingerprint density at radius 2 is 2.00 bits per heavy atom. The maximum atomic E-state index is 10.6. The summed E-state index contributed by atoms with van der Waals surface area (Å²) in [5.41, 5.74) is 0.359. The van der Waals surface area contributed by atoms with Crippen LogP contribution in [0.1, 0.15) is 10.5 Å². The van der Waals surface area contributed by atoms with E-state index in [1.165, 1.54) is 18.2 Å². The number of carboxylic acids is 1. The highest BCUT2D eigenvalue weighted by atomic mass is 16.4. The van der Waals surface area contributed by atoms with Gasteiger partial charge in [0.05, 0.1) is 5.52 Å². The molecule has 0 saturated heterocycles. The van der Waals surface area contributed by atoms with Gasteiger partial charge >= 0.3 is 5.97 Å². The van der Waals surface area contributed by atoms with E-state index in [0.29, 0.717) is 10.9 Å². The summed E-state index contributed by atoms with van der Waals surface area (Å²) in [5, 5.41) is 25.6. The van der Waals surface area contributed by atoms with Gasteiger partial charge in [0, 0.05) is 11.5 Å². The molecule has 5 nitrogen and oxygen atoms in total. The molecule has 0 aliphatic heterocycles. The SMILES string of the molecule is O=C(O)c1cc2ccc(O)cc2nn1. The first-order valence-electron chi connectivity index (χ1n) is 3.86. The van der Waals surface area contributed by atoms with E-state index in [0.717, 1.165) is 0 Å². The molecule has 2 N–H and O–H groups in total. The van der Waals surface area contributed by atoms with Crippen molar-refractivity contribution in [2.24, 2.45) is 0 Å². The van der Waals surface area contributed by atoms with Crippen molar-refractivity contribution in [3.63, 3.8) is 0 Å². The molecule has 0 bridgehead atoms. The predicted molar refractivity (Wildman–Crippen MR) is 48.2 cm³/mol. The Labute approximate surface area is 78.6 Å². The summed E-state index contributed by atoms with van der Waals surface area (Å²) < 4.78 is 0. The molecule has 2 rings (SSSR count). The third-order valence-corrected chi connectivity index (χ3v) is 1.79. The predicted octanol–water partition coefficient (Wildman–Crippen LogP) is 1.03. The summed E-state index contributed by atoms with van der Waals surface area (Å²) in [4.78, 5) is 10.6. The van der Waals surface area contributed by atoms with Crippen LogP contribution in [-0.2, 0) is 0 Å². The lowest BCUT2D eigenvalue weighted by molar-refractivity contribution is 0.0689. The zero-order chi connectivity index (χ0) is 10.1. The quantitative estimate of drug-likeness (QED) is 0.701. The lowest BCUT2D eigenvalue weighted by Crippen LogP contribution is -2.01. The fraction of sp³-hybridized carbons (Fsp3) is 0. The number of carbonyl (C=O) groups is 1. The molecule has 0 aliphatic rings. The number of nitrogens with zero attached hydrogens (tertiary/aromatic N) is 2. The van der Waals surface area contributed by atoms with Crippen molar-refractivity contribution in [1.29, 1.82) is 0 Å². The van der Waals surface area contributed by atoms with Crippen LogP contribution in [0.2, 0.25) is 0 Å². The number of fused-ring (bicyclic) bond motifs is 1. The van der Waals surface area contributed by atoms with Crippen LogP contribution in [0.5, 0.6) is 5.75 Å². The Kier molecular flexibility index (Phi) is 1.78. The molecule has 2 aromatic rings. The van der Waals surface area contributed by atoms with E-state index >= 15 is 0 Å². The van der Waals surface area contributed by atoms with Crippen molar-refractivity contribution >= 4 is 16.9 Å². The second-order valence-corrected chi connectivity index (χ2v) is 2.78. The number of phenolic OH excluding ortho intramolecular Hbond substituents is 1. The van der Waals surface area contributed by atoms with Crippen molar-refractivity contribution < 1.29 is 15.0 Å². The van der Waals surface area contributed by atoms with Crippen molar-refractivity contribution in [2.75, 3.05) is 0 Å². The number of rotatable bonds is 1. The van der Waals surface area contributed by atoms with Crippen LogP contribution in [0, 0.1) is 0 Å². The Balaban J connectivity index is 2.67. The average Bonchev–Trinajstić information content (AvgIpc) is 2.16. The molecule has 1 aromatic heterocycles. The van der Waals surface area contributed by atoms with E-state index in [2.05, 4.69) is 10.2 Å². The van der Waals surface area contributed by atoms with Crippen molar-refractivity contribution in [1.82, 2.24) is 10.2 Å². The summed E-state index contributed by atoms with van der Waals surface area (Å²) in [6, 6.07) is 5.89. The molecule has 0 unspecified atom stereocenters. The average molecular weight is 190 g/mol. The normalized spacial score (nSPS) is 10.3. The number of aromatic nitrogens is 2. The number of carboxylic acid groups (broad SMARTS) is 1. The molecule has 0 radical (unpaired) electrons. The van der Waals surface area contributed by atoms with E-state index in [1.54, 1.807) is 6.07 Å². The van der Waals surface area contributed by atoms with Gasteiger partial charge in [-0.25, -0.2) is 4.79 Å². The van der Waals surface area contributed by atoms with Crippen LogP contribution in [0.15, 0.2) is 24.3 Å². The molecule has 5 heteroatoms. The number of hydrogen-bond acceptors (Lipinski definition) is 4. The van der Waals surface area contributed by atoms with Crippen LogP contribution >= 0.6 is 0 Å². The highest BCUT2D eigenvalue weighted by molar-refractivity contribution is 5.90. The van der Waals surface area contributed by atoms with Gasteiger partial charge in [0.25, 0.3) is 0 Å². The number of aromatic carboxylic acids is 1. The maximum absolute atomic E-state index is 10.6. The first-order chi connectivity index (χ1) is 6.66. The van der Waals surface area contributed by atoms with Gasteiger partial charge < -0.3 is 10.2 Å². The first kappa shape index (κ1) is 8.43. The number of benzene rings is 1. The van der Waals surface area contributed by atoms with Gasteiger partial charge in [-0.15, -0.1) is 10.2 Å². The van der Waals surface area contributed by atoms with Crippen LogP contribution in [0.25, 0.3) is 10.9 Å². The topological polar surface area (TPSA) is 83.3 Å². The molecule has 0 aliphatic carbocycles. The van der Waals surface area contributed by atoms with Gasteiger partial charge in [-0.2, -0.15) is 0 Å². The molecule has 0 fully saturated rings. The Morgan fingerprint density at radius 3 is 2.71 bits per heavy atom. The third kappa shape index (κ3) is 1.35. The van der Waals surface area contributed by atoms with Crippen LogP contribution < -0.4 is 0 Å². The minimum Gasteiger partial charge on any atom is -0.508 e. The Hall–Kier alpha value is -2.17. The third-order valence-electron chi connectivity index (χ3n) is 1.79. The molecule has 14 heavy (non-hydrogen) atoms. The largest absolute Gasteiger partial charge is 0.508 e. The molecule has 0 spiro atoms. The van der Waals surface area contributed by atoms with Gasteiger partial charge in [0.15, 0.2) is 5.69 Å². The molecule has 1 heterocycles. The second kappa shape index (κ2) is 2.95. The van der Waals surface area contributed by atoms with Gasteiger partial charge in [-0.1, -0.05) is 0 Å². The zero-order valence-electron chi connectivity index (χ0n) is 7.01. The first-order valence-corrected chi connectivity index (χ1v) is 3.86. The lowest BCUT2D eigenvalue weighted by atomic mass is 10.2. The van der Waals surface area contributed by atoms with Crippen molar-refractivity contribution in [2.45, 2.75) is 0 Å². The highest BCUT2D eigenvalue weighted by Gasteiger charge is 2.06. The monoisotopic (exact) mass is 190 g/mol. The van der Waals surface area contributed by atoms with Gasteiger partial charge in [0.2, 0.25) is 0 Å². The van der Waals surface area contributed by atoms with Crippen molar-refractivity contribution in [3.8, 4) is 5.75 Å². The summed E-state index contributed by atoms with van der Waals surface area (Å²) in [7, 11) is 0. The second-order valence-electron chi connectivity index (χ2n) is 2.78. The molecule has 0 saturated carbocycles. The molecular weight excluding hydrogens is 184 g/mol. The molecular formula is C9H6N2O3. The van der Waals surface area contributed by atoms with E-state index < -0.39 is 5.97 Å². The fourth-order valence-electron chi connectivity index (χ4n) is 1.13.